The lowest BCUT2D eigenvalue weighted by Gasteiger charge is -2.26. The number of pyridine rings is 1. The molecule has 2 heterocycles. The molecule has 0 aliphatic carbocycles. The Labute approximate surface area is 92.6 Å². The van der Waals surface area contributed by atoms with Gasteiger partial charge in [0.05, 0.1) is 5.69 Å². The Bertz CT molecular complexity index is 297. The van der Waals surface area contributed by atoms with Gasteiger partial charge in [-0.05, 0) is 41.0 Å². The first-order chi connectivity index (χ1) is 6.84. The quantitative estimate of drug-likeness (QED) is 0.814. The molecule has 4 heteroatoms. The molecule has 1 aromatic heterocycles. The second kappa shape index (κ2) is 4.87. The molecule has 1 N–H and O–H groups in total. The maximum atomic E-state index is 4.41. The van der Waals surface area contributed by atoms with Crippen LogP contribution in [0.25, 0.3) is 0 Å². The summed E-state index contributed by atoms with van der Waals surface area (Å²) in [4.78, 5) is 6.79. The number of hydrogen-bond acceptors (Lipinski definition) is 3. The van der Waals surface area contributed by atoms with Crippen molar-refractivity contribution < 1.29 is 0 Å². The van der Waals surface area contributed by atoms with Crippen LogP contribution >= 0.6 is 15.9 Å². The van der Waals surface area contributed by atoms with Crippen LogP contribution < -0.4 is 5.32 Å². The van der Waals surface area contributed by atoms with E-state index in [-0.39, 0.29) is 0 Å². The molecule has 2 rings (SSSR count). The molecule has 0 bridgehead atoms. The van der Waals surface area contributed by atoms with Crippen molar-refractivity contribution in [2.45, 2.75) is 13.0 Å². The molecule has 0 spiro atoms. The average Bonchev–Trinajstić information content (AvgIpc) is 2.19. The average molecular weight is 256 g/mol. The lowest BCUT2D eigenvalue weighted by molar-refractivity contribution is 0.205. The largest absolute Gasteiger partial charge is 0.304 e. The first kappa shape index (κ1) is 10.1. The molecule has 1 aliphatic heterocycles. The van der Waals surface area contributed by atoms with Crippen LogP contribution in [0.3, 0.4) is 0 Å². The van der Waals surface area contributed by atoms with E-state index in [4.69, 9.17) is 0 Å². The van der Waals surface area contributed by atoms with Crippen molar-refractivity contribution in [1.82, 2.24) is 15.2 Å². The first-order valence-electron chi connectivity index (χ1n) is 4.89. The SMILES string of the molecule is Brc1cccc(CN2CCCNC2)n1. The molecule has 1 aliphatic rings. The van der Waals surface area contributed by atoms with E-state index in [2.05, 4.69) is 37.2 Å². The van der Waals surface area contributed by atoms with Gasteiger partial charge in [0.15, 0.2) is 0 Å². The van der Waals surface area contributed by atoms with Gasteiger partial charge in [0.1, 0.15) is 4.60 Å². The number of aromatic nitrogens is 1. The Balaban J connectivity index is 1.95. The topological polar surface area (TPSA) is 28.2 Å². The Kier molecular flexibility index (Phi) is 3.50. The van der Waals surface area contributed by atoms with Crippen molar-refractivity contribution in [2.24, 2.45) is 0 Å². The second-order valence-corrected chi connectivity index (χ2v) is 4.33. The molecule has 0 radical (unpaired) electrons. The summed E-state index contributed by atoms with van der Waals surface area (Å²) in [6.45, 7) is 4.23. The molecule has 0 atom stereocenters. The van der Waals surface area contributed by atoms with E-state index >= 15 is 0 Å². The Morgan fingerprint density at radius 2 is 2.43 bits per heavy atom. The van der Waals surface area contributed by atoms with Crippen molar-refractivity contribution >= 4 is 15.9 Å². The Morgan fingerprint density at radius 3 is 3.14 bits per heavy atom. The highest BCUT2D eigenvalue weighted by atomic mass is 79.9. The van der Waals surface area contributed by atoms with E-state index in [1.807, 2.05) is 12.1 Å². The second-order valence-electron chi connectivity index (χ2n) is 3.52. The summed E-state index contributed by atoms with van der Waals surface area (Å²) in [6.07, 6.45) is 1.23. The molecule has 0 aromatic carbocycles. The van der Waals surface area contributed by atoms with E-state index in [0.29, 0.717) is 0 Å². The van der Waals surface area contributed by atoms with E-state index < -0.39 is 0 Å². The van der Waals surface area contributed by atoms with Gasteiger partial charge in [-0.15, -0.1) is 0 Å². The monoisotopic (exact) mass is 255 g/mol. The van der Waals surface area contributed by atoms with E-state index in [1.54, 1.807) is 0 Å². The van der Waals surface area contributed by atoms with Crippen molar-refractivity contribution in [3.8, 4) is 0 Å². The summed E-state index contributed by atoms with van der Waals surface area (Å²) in [5.41, 5.74) is 1.13. The van der Waals surface area contributed by atoms with E-state index in [9.17, 15) is 0 Å². The molecular weight excluding hydrogens is 242 g/mol. The molecule has 76 valence electrons. The summed E-state index contributed by atoms with van der Waals surface area (Å²) < 4.78 is 0.917. The third-order valence-corrected chi connectivity index (χ3v) is 2.76. The Hall–Kier alpha value is -0.450. The molecule has 1 fully saturated rings. The normalized spacial score (nSPS) is 18.4. The van der Waals surface area contributed by atoms with Crippen LogP contribution in [0, 0.1) is 0 Å². The lowest BCUT2D eigenvalue weighted by atomic mass is 10.3. The molecule has 1 saturated heterocycles. The molecule has 1 aromatic rings. The predicted octanol–water partition coefficient (Wildman–Crippen LogP) is 1.60. The number of rotatable bonds is 2. The Morgan fingerprint density at radius 1 is 1.50 bits per heavy atom. The van der Waals surface area contributed by atoms with Gasteiger partial charge < -0.3 is 5.32 Å². The van der Waals surface area contributed by atoms with Gasteiger partial charge >= 0.3 is 0 Å². The van der Waals surface area contributed by atoms with Crippen molar-refractivity contribution in [3.05, 3.63) is 28.5 Å². The smallest absolute Gasteiger partial charge is 0.106 e. The fourth-order valence-electron chi connectivity index (χ4n) is 1.65. The molecule has 3 nitrogen and oxygen atoms in total. The highest BCUT2D eigenvalue weighted by Gasteiger charge is 2.10. The zero-order valence-electron chi connectivity index (χ0n) is 8.04. The van der Waals surface area contributed by atoms with Crippen LogP contribution in [0.2, 0.25) is 0 Å². The van der Waals surface area contributed by atoms with Crippen molar-refractivity contribution in [3.63, 3.8) is 0 Å². The summed E-state index contributed by atoms with van der Waals surface area (Å²) in [5.74, 6) is 0. The van der Waals surface area contributed by atoms with Gasteiger partial charge in [-0.1, -0.05) is 6.07 Å². The molecule has 14 heavy (non-hydrogen) atoms. The maximum Gasteiger partial charge on any atom is 0.106 e. The molecule has 0 unspecified atom stereocenters. The molecule has 0 amide bonds. The van der Waals surface area contributed by atoms with Gasteiger partial charge in [-0.25, -0.2) is 4.98 Å². The minimum Gasteiger partial charge on any atom is -0.304 e. The van der Waals surface area contributed by atoms with Crippen LogP contribution in [0.4, 0.5) is 0 Å². The van der Waals surface area contributed by atoms with Crippen LogP contribution in [0.15, 0.2) is 22.8 Å². The predicted molar refractivity (Wildman–Crippen MR) is 59.8 cm³/mol. The third kappa shape index (κ3) is 2.77. The summed E-state index contributed by atoms with van der Waals surface area (Å²) in [6, 6.07) is 6.06. The first-order valence-corrected chi connectivity index (χ1v) is 5.68. The highest BCUT2D eigenvalue weighted by molar-refractivity contribution is 9.10. The van der Waals surface area contributed by atoms with Gasteiger partial charge in [-0.3, -0.25) is 4.90 Å². The fraction of sp³-hybridized carbons (Fsp3) is 0.500. The fourth-order valence-corrected chi connectivity index (χ4v) is 2.03. The minimum atomic E-state index is 0.917. The summed E-state index contributed by atoms with van der Waals surface area (Å²) in [7, 11) is 0. The molecular formula is C10H14BrN3. The van der Waals surface area contributed by atoms with Gasteiger partial charge in [0, 0.05) is 19.8 Å². The van der Waals surface area contributed by atoms with Crippen LogP contribution in [0.1, 0.15) is 12.1 Å². The lowest BCUT2D eigenvalue weighted by Crippen LogP contribution is -2.41. The maximum absolute atomic E-state index is 4.41. The van der Waals surface area contributed by atoms with Crippen molar-refractivity contribution in [1.29, 1.82) is 0 Å². The highest BCUT2D eigenvalue weighted by Crippen LogP contribution is 2.09. The summed E-state index contributed by atoms with van der Waals surface area (Å²) >= 11 is 3.38. The molecule has 0 saturated carbocycles. The van der Waals surface area contributed by atoms with Gasteiger partial charge in [0.25, 0.3) is 0 Å². The summed E-state index contributed by atoms with van der Waals surface area (Å²) in [5, 5.41) is 3.36. The number of hydrogen-bond donors (Lipinski definition) is 1. The van der Waals surface area contributed by atoms with Crippen LogP contribution in [-0.2, 0) is 6.54 Å². The number of nitrogens with zero attached hydrogens (tertiary/aromatic N) is 2. The standard InChI is InChI=1S/C10H14BrN3/c11-10-4-1-3-9(13-10)7-14-6-2-5-12-8-14/h1,3-4,12H,2,5-8H2. The number of halogens is 1. The van der Waals surface area contributed by atoms with E-state index in [0.717, 1.165) is 30.1 Å². The van der Waals surface area contributed by atoms with Gasteiger partial charge in [-0.2, -0.15) is 0 Å². The van der Waals surface area contributed by atoms with Crippen LogP contribution in [0.5, 0.6) is 0 Å². The van der Waals surface area contributed by atoms with Crippen molar-refractivity contribution in [2.75, 3.05) is 19.8 Å². The zero-order chi connectivity index (χ0) is 9.80. The zero-order valence-corrected chi connectivity index (χ0v) is 9.63. The van der Waals surface area contributed by atoms with Crippen LogP contribution in [-0.4, -0.2) is 29.6 Å². The number of nitrogens with one attached hydrogen (secondary N) is 1. The third-order valence-electron chi connectivity index (χ3n) is 2.32. The minimum absolute atomic E-state index is 0.917. The van der Waals surface area contributed by atoms with E-state index in [1.165, 1.54) is 13.0 Å². The van der Waals surface area contributed by atoms with Gasteiger partial charge in [0.2, 0.25) is 0 Å².